The molecule has 0 aliphatic carbocycles. The Morgan fingerprint density at radius 3 is 2.50 bits per heavy atom. The van der Waals surface area contributed by atoms with Crippen molar-refractivity contribution < 1.29 is 14.3 Å². The van der Waals surface area contributed by atoms with Crippen molar-refractivity contribution in [2.45, 2.75) is 26.1 Å². The number of ether oxygens (including phenoxy) is 1. The first-order valence-electron chi connectivity index (χ1n) is 10.5. The first-order chi connectivity index (χ1) is 15.6. The number of nitrogens with one attached hydrogen (secondary N) is 2. The van der Waals surface area contributed by atoms with Gasteiger partial charge in [-0.25, -0.2) is 4.79 Å². The Labute approximate surface area is 188 Å². The number of pyridine rings is 1. The summed E-state index contributed by atoms with van der Waals surface area (Å²) in [7, 11) is 1.73. The highest BCUT2D eigenvalue weighted by Gasteiger charge is 2.09. The second-order valence-corrected chi connectivity index (χ2v) is 7.36. The van der Waals surface area contributed by atoms with Crippen molar-refractivity contribution >= 4 is 11.9 Å². The largest absolute Gasteiger partial charge is 0.487 e. The molecule has 7 nitrogen and oxygen atoms in total. The van der Waals surface area contributed by atoms with Gasteiger partial charge in [0.2, 0.25) is 5.91 Å². The number of carbonyl (C=O) groups is 2. The van der Waals surface area contributed by atoms with E-state index in [4.69, 9.17) is 4.74 Å². The van der Waals surface area contributed by atoms with Crippen molar-refractivity contribution in [3.63, 3.8) is 0 Å². The van der Waals surface area contributed by atoms with Gasteiger partial charge in [-0.1, -0.05) is 48.5 Å². The van der Waals surface area contributed by atoms with E-state index in [2.05, 4.69) is 15.6 Å². The van der Waals surface area contributed by atoms with Crippen molar-refractivity contribution in [1.29, 1.82) is 0 Å². The van der Waals surface area contributed by atoms with Crippen LogP contribution in [0, 0.1) is 0 Å². The third-order valence-corrected chi connectivity index (χ3v) is 4.74. The van der Waals surface area contributed by atoms with Crippen LogP contribution in [-0.2, 0) is 24.5 Å². The zero-order valence-corrected chi connectivity index (χ0v) is 18.2. The van der Waals surface area contributed by atoms with Crippen LogP contribution in [0.25, 0.3) is 0 Å². The van der Waals surface area contributed by atoms with Crippen LogP contribution in [0.5, 0.6) is 5.75 Å². The maximum absolute atomic E-state index is 12.2. The van der Waals surface area contributed by atoms with Crippen LogP contribution >= 0.6 is 0 Å². The maximum atomic E-state index is 12.2. The second-order valence-electron chi connectivity index (χ2n) is 7.36. The van der Waals surface area contributed by atoms with Crippen LogP contribution in [0.15, 0.2) is 79.0 Å². The molecule has 7 heteroatoms. The van der Waals surface area contributed by atoms with Gasteiger partial charge >= 0.3 is 6.03 Å². The zero-order valence-electron chi connectivity index (χ0n) is 18.2. The Kier molecular flexibility index (Phi) is 8.62. The first-order valence-corrected chi connectivity index (χ1v) is 10.5. The molecule has 2 N–H and O–H groups in total. The normalized spacial score (nSPS) is 10.3. The number of amides is 3. The van der Waals surface area contributed by atoms with E-state index in [9.17, 15) is 9.59 Å². The standard InChI is InChI=1S/C25H28N4O3/c1-29(18-20-8-3-2-4-9-20)25(31)27-15-13-24(30)28-17-21-10-7-12-23(16-21)32-19-22-11-5-6-14-26-22/h2-12,14,16H,13,15,17-19H2,1H3,(H,27,31)(H,28,30). The zero-order chi connectivity index (χ0) is 22.6. The fourth-order valence-corrected chi connectivity index (χ4v) is 3.02. The number of aromatic nitrogens is 1. The minimum atomic E-state index is -0.209. The van der Waals surface area contributed by atoms with Crippen molar-refractivity contribution in [3.8, 4) is 5.75 Å². The summed E-state index contributed by atoms with van der Waals surface area (Å²) in [6.45, 7) is 1.56. The number of nitrogens with zero attached hydrogens (tertiary/aromatic N) is 2. The number of benzene rings is 2. The van der Waals surface area contributed by atoms with Crippen molar-refractivity contribution in [3.05, 3.63) is 95.8 Å². The van der Waals surface area contributed by atoms with Gasteiger partial charge in [0.25, 0.3) is 0 Å². The van der Waals surface area contributed by atoms with Gasteiger partial charge < -0.3 is 20.3 Å². The van der Waals surface area contributed by atoms with Gasteiger partial charge in [0, 0.05) is 39.3 Å². The number of rotatable bonds is 10. The Morgan fingerprint density at radius 2 is 1.72 bits per heavy atom. The van der Waals surface area contributed by atoms with Gasteiger partial charge in [-0.15, -0.1) is 0 Å². The summed E-state index contributed by atoms with van der Waals surface area (Å²) in [6, 6.07) is 22.8. The molecule has 0 spiro atoms. The van der Waals surface area contributed by atoms with Gasteiger partial charge in [0.05, 0.1) is 5.69 Å². The molecule has 0 radical (unpaired) electrons. The lowest BCUT2D eigenvalue weighted by Gasteiger charge is -2.18. The van der Waals surface area contributed by atoms with Gasteiger partial charge in [-0.05, 0) is 35.4 Å². The minimum Gasteiger partial charge on any atom is -0.487 e. The molecule has 166 valence electrons. The molecule has 1 heterocycles. The average molecular weight is 433 g/mol. The van der Waals surface area contributed by atoms with Gasteiger partial charge in [-0.2, -0.15) is 0 Å². The fraction of sp³-hybridized carbons (Fsp3) is 0.240. The van der Waals surface area contributed by atoms with Crippen LogP contribution in [0.1, 0.15) is 23.2 Å². The van der Waals surface area contributed by atoms with E-state index in [0.29, 0.717) is 19.7 Å². The van der Waals surface area contributed by atoms with E-state index in [1.165, 1.54) is 0 Å². The minimum absolute atomic E-state index is 0.129. The molecule has 1 aromatic heterocycles. The van der Waals surface area contributed by atoms with Gasteiger partial charge in [-0.3, -0.25) is 9.78 Å². The number of urea groups is 1. The molecule has 0 unspecified atom stereocenters. The van der Waals surface area contributed by atoms with E-state index in [1.54, 1.807) is 18.1 Å². The van der Waals surface area contributed by atoms with Crippen LogP contribution < -0.4 is 15.4 Å². The lowest BCUT2D eigenvalue weighted by atomic mass is 10.2. The molecule has 2 aromatic carbocycles. The van der Waals surface area contributed by atoms with Crippen molar-refractivity contribution in [2.75, 3.05) is 13.6 Å². The Hall–Kier alpha value is -3.87. The van der Waals surface area contributed by atoms with E-state index in [0.717, 1.165) is 22.6 Å². The lowest BCUT2D eigenvalue weighted by molar-refractivity contribution is -0.121. The average Bonchev–Trinajstić information content (AvgIpc) is 2.83. The molecule has 0 aliphatic rings. The Balaban J connectivity index is 1.35. The van der Waals surface area contributed by atoms with Crippen LogP contribution in [0.3, 0.4) is 0 Å². The van der Waals surface area contributed by atoms with E-state index in [1.807, 2.05) is 72.8 Å². The van der Waals surface area contributed by atoms with Crippen molar-refractivity contribution in [2.24, 2.45) is 0 Å². The van der Waals surface area contributed by atoms with E-state index < -0.39 is 0 Å². The molecule has 0 saturated heterocycles. The number of hydrogen-bond donors (Lipinski definition) is 2. The molecule has 3 rings (SSSR count). The molecule has 0 saturated carbocycles. The summed E-state index contributed by atoms with van der Waals surface area (Å²) in [5.41, 5.74) is 2.83. The topological polar surface area (TPSA) is 83.6 Å². The predicted octanol–water partition coefficient (Wildman–Crippen LogP) is 3.51. The Morgan fingerprint density at radius 1 is 0.938 bits per heavy atom. The highest BCUT2D eigenvalue weighted by molar-refractivity contribution is 5.78. The highest BCUT2D eigenvalue weighted by atomic mass is 16.5. The summed E-state index contributed by atoms with van der Waals surface area (Å²) in [5, 5.41) is 5.64. The molecule has 32 heavy (non-hydrogen) atoms. The van der Waals surface area contributed by atoms with E-state index in [-0.39, 0.29) is 24.9 Å². The summed E-state index contributed by atoms with van der Waals surface area (Å²) >= 11 is 0. The quantitative estimate of drug-likeness (QED) is 0.514. The monoisotopic (exact) mass is 432 g/mol. The SMILES string of the molecule is CN(Cc1ccccc1)C(=O)NCCC(=O)NCc1cccc(OCc2ccccn2)c1. The highest BCUT2D eigenvalue weighted by Crippen LogP contribution is 2.14. The molecule has 3 amide bonds. The first kappa shape index (κ1) is 22.8. The van der Waals surface area contributed by atoms with Crippen molar-refractivity contribution in [1.82, 2.24) is 20.5 Å². The van der Waals surface area contributed by atoms with Gasteiger partial charge in [0.1, 0.15) is 12.4 Å². The predicted molar refractivity (Wildman–Crippen MR) is 123 cm³/mol. The van der Waals surface area contributed by atoms with Gasteiger partial charge in [0.15, 0.2) is 0 Å². The Bertz CT molecular complexity index is 996. The number of hydrogen-bond acceptors (Lipinski definition) is 4. The maximum Gasteiger partial charge on any atom is 0.317 e. The molecule has 0 aliphatic heterocycles. The molecule has 0 fully saturated rings. The third kappa shape index (κ3) is 7.75. The summed E-state index contributed by atoms with van der Waals surface area (Å²) in [6.07, 6.45) is 1.94. The lowest BCUT2D eigenvalue weighted by Crippen LogP contribution is -2.38. The van der Waals surface area contributed by atoms with Crippen LogP contribution in [-0.4, -0.2) is 35.4 Å². The third-order valence-electron chi connectivity index (χ3n) is 4.74. The summed E-state index contributed by atoms with van der Waals surface area (Å²) in [5.74, 6) is 0.590. The van der Waals surface area contributed by atoms with E-state index >= 15 is 0 Å². The molecular weight excluding hydrogens is 404 g/mol. The molecule has 0 atom stereocenters. The summed E-state index contributed by atoms with van der Waals surface area (Å²) < 4.78 is 5.77. The smallest absolute Gasteiger partial charge is 0.317 e. The van der Waals surface area contributed by atoms with Crippen LogP contribution in [0.4, 0.5) is 4.79 Å². The second kappa shape index (κ2) is 12.1. The molecule has 3 aromatic rings. The van der Waals surface area contributed by atoms with Crippen LogP contribution in [0.2, 0.25) is 0 Å². The molecule has 0 bridgehead atoms. The summed E-state index contributed by atoms with van der Waals surface area (Å²) in [4.78, 5) is 30.1. The number of carbonyl (C=O) groups excluding carboxylic acids is 2. The molecular formula is C25H28N4O3. The fourth-order valence-electron chi connectivity index (χ4n) is 3.02.